The van der Waals surface area contributed by atoms with E-state index in [4.69, 9.17) is 0 Å². The van der Waals surface area contributed by atoms with Crippen LogP contribution in [-0.2, 0) is 0 Å². The van der Waals surface area contributed by atoms with E-state index in [0.29, 0.717) is 0 Å². The van der Waals surface area contributed by atoms with E-state index < -0.39 is 0 Å². The summed E-state index contributed by atoms with van der Waals surface area (Å²) in [6.07, 6.45) is 1.91. The Hall–Kier alpha value is -0.180. The highest BCUT2D eigenvalue weighted by Gasteiger charge is 1.99. The van der Waals surface area contributed by atoms with E-state index in [1.807, 2.05) is 6.34 Å². The van der Waals surface area contributed by atoms with Crippen LogP contribution in [0.1, 0.15) is 6.92 Å². The lowest BCUT2D eigenvalue weighted by Crippen LogP contribution is -2.26. The Morgan fingerprint density at radius 1 is 1.88 bits per heavy atom. The molecule has 1 rings (SSSR count). The van der Waals surface area contributed by atoms with Crippen LogP contribution >= 0.6 is 11.9 Å². The Balaban J connectivity index is 2.32. The van der Waals surface area contributed by atoms with Gasteiger partial charge in [-0.3, -0.25) is 0 Å². The highest BCUT2D eigenvalue weighted by atomic mass is 32.2. The second-order valence-corrected chi connectivity index (χ2v) is 2.56. The van der Waals surface area contributed by atoms with Crippen molar-refractivity contribution in [3.63, 3.8) is 0 Å². The van der Waals surface area contributed by atoms with E-state index in [-0.39, 0.29) is 0 Å². The van der Waals surface area contributed by atoms with Gasteiger partial charge in [-0.2, -0.15) is 0 Å². The van der Waals surface area contributed by atoms with Crippen LogP contribution in [0.15, 0.2) is 4.40 Å². The highest BCUT2D eigenvalue weighted by molar-refractivity contribution is 7.98. The minimum atomic E-state index is 1.09. The van der Waals surface area contributed by atoms with Gasteiger partial charge in [0.1, 0.15) is 0 Å². The normalized spacial score (nSPS) is 19.4. The molecule has 3 heteroatoms. The molecule has 0 radical (unpaired) electrons. The molecule has 0 aromatic carbocycles. The van der Waals surface area contributed by atoms with Crippen molar-refractivity contribution in [2.75, 3.05) is 18.8 Å². The van der Waals surface area contributed by atoms with Crippen LogP contribution in [0.5, 0.6) is 0 Å². The average Bonchev–Trinajstić information content (AvgIpc) is 1.90. The Morgan fingerprint density at radius 3 is 3.12 bits per heavy atom. The fourth-order valence-electron chi connectivity index (χ4n) is 0.608. The minimum Gasteiger partial charge on any atom is -0.361 e. The molecule has 0 amide bonds. The Morgan fingerprint density at radius 2 is 2.75 bits per heavy atom. The molecule has 0 saturated carbocycles. The first-order valence-electron chi connectivity index (χ1n) is 2.83. The predicted molar refractivity (Wildman–Crippen MR) is 38.2 cm³/mol. The third-order valence-corrected chi connectivity index (χ3v) is 1.77. The summed E-state index contributed by atoms with van der Waals surface area (Å²) in [5.74, 6) is 1.14. The molecular formula is C5H10N2S. The molecule has 1 aliphatic heterocycles. The third kappa shape index (κ3) is 1.40. The third-order valence-electron chi connectivity index (χ3n) is 1.16. The van der Waals surface area contributed by atoms with Gasteiger partial charge in [-0.1, -0.05) is 0 Å². The first-order valence-corrected chi connectivity index (χ1v) is 3.77. The maximum absolute atomic E-state index is 4.05. The van der Waals surface area contributed by atoms with Gasteiger partial charge in [0.2, 0.25) is 0 Å². The molecule has 0 saturated heterocycles. The first kappa shape index (κ1) is 5.95. The topological polar surface area (TPSA) is 15.6 Å². The van der Waals surface area contributed by atoms with Crippen molar-refractivity contribution < 1.29 is 0 Å². The fourth-order valence-corrected chi connectivity index (χ4v) is 1.23. The number of hydrogen-bond donors (Lipinski definition) is 0. The maximum atomic E-state index is 4.05. The zero-order valence-corrected chi connectivity index (χ0v) is 5.82. The Bertz CT molecular complexity index is 92.4. The van der Waals surface area contributed by atoms with Crippen molar-refractivity contribution in [2.24, 2.45) is 4.40 Å². The van der Waals surface area contributed by atoms with Crippen LogP contribution in [-0.4, -0.2) is 30.1 Å². The van der Waals surface area contributed by atoms with Crippen molar-refractivity contribution >= 4 is 18.3 Å². The summed E-state index contributed by atoms with van der Waals surface area (Å²) in [7, 11) is 0. The number of rotatable bonds is 1. The molecule has 0 aromatic rings. The lowest BCUT2D eigenvalue weighted by atomic mass is 10.6. The molecule has 46 valence electrons. The summed E-state index contributed by atoms with van der Waals surface area (Å²) in [5, 5.41) is 0. The summed E-state index contributed by atoms with van der Waals surface area (Å²) in [6, 6.07) is 0. The monoisotopic (exact) mass is 130 g/mol. The zero-order chi connectivity index (χ0) is 5.82. The van der Waals surface area contributed by atoms with Crippen LogP contribution in [0.4, 0.5) is 0 Å². The van der Waals surface area contributed by atoms with Crippen LogP contribution in [0.2, 0.25) is 0 Å². The van der Waals surface area contributed by atoms with Gasteiger partial charge in [0.15, 0.2) is 0 Å². The van der Waals surface area contributed by atoms with Gasteiger partial charge >= 0.3 is 0 Å². The SMILES string of the molecule is CCN1C=NSCC1. The van der Waals surface area contributed by atoms with Gasteiger partial charge < -0.3 is 4.90 Å². The smallest absolute Gasteiger partial charge is 0.0989 e. The van der Waals surface area contributed by atoms with Crippen molar-refractivity contribution in [1.29, 1.82) is 0 Å². The van der Waals surface area contributed by atoms with Crippen LogP contribution < -0.4 is 0 Å². The van der Waals surface area contributed by atoms with Crippen LogP contribution in [0.25, 0.3) is 0 Å². The molecule has 0 unspecified atom stereocenters. The summed E-state index contributed by atoms with van der Waals surface area (Å²) >= 11 is 1.64. The molecule has 0 aliphatic carbocycles. The minimum absolute atomic E-state index is 1.09. The van der Waals surface area contributed by atoms with E-state index in [0.717, 1.165) is 18.8 Å². The van der Waals surface area contributed by atoms with E-state index in [1.54, 1.807) is 11.9 Å². The number of hydrogen-bond acceptors (Lipinski definition) is 3. The quantitative estimate of drug-likeness (QED) is 0.492. The molecule has 2 nitrogen and oxygen atoms in total. The van der Waals surface area contributed by atoms with Gasteiger partial charge in [0.25, 0.3) is 0 Å². The lowest BCUT2D eigenvalue weighted by molar-refractivity contribution is 0.481. The van der Waals surface area contributed by atoms with Gasteiger partial charge in [-0.15, -0.1) is 0 Å². The average molecular weight is 130 g/mol. The molecule has 0 fully saturated rings. The molecule has 1 heterocycles. The van der Waals surface area contributed by atoms with Gasteiger partial charge in [-0.25, -0.2) is 4.40 Å². The first-order chi connectivity index (χ1) is 3.93. The zero-order valence-electron chi connectivity index (χ0n) is 5.00. The summed E-state index contributed by atoms with van der Waals surface area (Å²) < 4.78 is 4.05. The fraction of sp³-hybridized carbons (Fsp3) is 0.800. The van der Waals surface area contributed by atoms with Crippen molar-refractivity contribution in [3.8, 4) is 0 Å². The summed E-state index contributed by atoms with van der Waals surface area (Å²) in [6.45, 7) is 4.39. The maximum Gasteiger partial charge on any atom is 0.0989 e. The van der Waals surface area contributed by atoms with E-state index >= 15 is 0 Å². The van der Waals surface area contributed by atoms with E-state index in [2.05, 4.69) is 16.2 Å². The molecule has 8 heavy (non-hydrogen) atoms. The molecule has 0 spiro atoms. The largest absolute Gasteiger partial charge is 0.361 e. The second-order valence-electron chi connectivity index (χ2n) is 1.68. The second kappa shape index (κ2) is 2.97. The molecule has 0 atom stereocenters. The van der Waals surface area contributed by atoms with Gasteiger partial charge in [0.05, 0.1) is 6.34 Å². The van der Waals surface area contributed by atoms with Crippen molar-refractivity contribution in [2.45, 2.75) is 6.92 Å². The number of nitrogens with zero attached hydrogens (tertiary/aromatic N) is 2. The predicted octanol–water partition coefficient (Wildman–Crippen LogP) is 0.998. The molecule has 0 bridgehead atoms. The Kier molecular flexibility index (Phi) is 2.21. The van der Waals surface area contributed by atoms with Crippen molar-refractivity contribution in [1.82, 2.24) is 4.90 Å². The highest BCUT2D eigenvalue weighted by Crippen LogP contribution is 2.05. The lowest BCUT2D eigenvalue weighted by Gasteiger charge is -2.18. The van der Waals surface area contributed by atoms with Crippen LogP contribution in [0, 0.1) is 0 Å². The van der Waals surface area contributed by atoms with Crippen molar-refractivity contribution in [3.05, 3.63) is 0 Å². The summed E-state index contributed by atoms with van der Waals surface area (Å²) in [5.41, 5.74) is 0. The van der Waals surface area contributed by atoms with Gasteiger partial charge in [-0.05, 0) is 18.9 Å². The molecular weight excluding hydrogens is 120 g/mol. The van der Waals surface area contributed by atoms with E-state index in [9.17, 15) is 0 Å². The molecule has 0 N–H and O–H groups in total. The molecule has 0 aromatic heterocycles. The standard InChI is InChI=1S/C5H10N2S/c1-2-7-3-4-8-6-5-7/h5H,2-4H2,1H3. The Labute approximate surface area is 54.1 Å². The van der Waals surface area contributed by atoms with Gasteiger partial charge in [0, 0.05) is 18.8 Å². The van der Waals surface area contributed by atoms with Crippen LogP contribution in [0.3, 0.4) is 0 Å². The van der Waals surface area contributed by atoms with E-state index in [1.165, 1.54) is 0 Å². The summed E-state index contributed by atoms with van der Waals surface area (Å²) in [4.78, 5) is 2.20. The molecule has 1 aliphatic rings.